The number of carbonyl (C=O) groups is 2. The van der Waals surface area contributed by atoms with E-state index in [-0.39, 0.29) is 12.3 Å². The summed E-state index contributed by atoms with van der Waals surface area (Å²) >= 11 is 1.48. The second kappa shape index (κ2) is 9.87. The van der Waals surface area contributed by atoms with Crippen LogP contribution >= 0.6 is 11.8 Å². The van der Waals surface area contributed by atoms with Crippen molar-refractivity contribution < 1.29 is 14.3 Å². The van der Waals surface area contributed by atoms with Gasteiger partial charge in [-0.05, 0) is 23.0 Å². The number of nitrogens with zero attached hydrogens (tertiary/aromatic N) is 2. The molecule has 2 aliphatic rings. The molecule has 1 atom stereocenters. The molecule has 0 aromatic heterocycles. The van der Waals surface area contributed by atoms with Gasteiger partial charge in [0.15, 0.2) is 5.17 Å². The van der Waals surface area contributed by atoms with E-state index in [1.54, 1.807) is 0 Å². The molecule has 0 bridgehead atoms. The maximum atomic E-state index is 12.8. The van der Waals surface area contributed by atoms with Crippen LogP contribution in [0.5, 0.6) is 0 Å². The Balaban J connectivity index is 1.61. The number of ether oxygens (including phenoxy) is 1. The van der Waals surface area contributed by atoms with E-state index in [2.05, 4.69) is 5.32 Å². The molecule has 0 aliphatic carbocycles. The first kappa shape index (κ1) is 21.9. The second-order valence-electron chi connectivity index (χ2n) is 7.45. The van der Waals surface area contributed by atoms with Crippen LogP contribution in [-0.2, 0) is 20.9 Å². The average molecular weight is 448 g/mol. The van der Waals surface area contributed by atoms with E-state index in [0.717, 1.165) is 22.0 Å². The number of hydrogen-bond donors (Lipinski definition) is 1. The molecule has 2 heterocycles. The van der Waals surface area contributed by atoms with E-state index in [0.29, 0.717) is 24.2 Å². The number of amidine groups is 1. The minimum Gasteiger partial charge on any atom is -0.466 e. The fourth-order valence-corrected chi connectivity index (χ4v) is 4.82. The summed E-state index contributed by atoms with van der Waals surface area (Å²) in [5.74, 6) is -0.484. The van der Waals surface area contributed by atoms with Gasteiger partial charge in [-0.25, -0.2) is 9.79 Å². The molecular weight excluding hydrogens is 422 g/mol. The Hall–Kier alpha value is -3.32. The van der Waals surface area contributed by atoms with Crippen LogP contribution in [0.1, 0.15) is 36.9 Å². The van der Waals surface area contributed by atoms with E-state index in [9.17, 15) is 9.59 Å². The molecule has 2 aromatic rings. The number of allylic oxidation sites excluding steroid dienone is 1. The van der Waals surface area contributed by atoms with Crippen molar-refractivity contribution in [3.05, 3.63) is 94.2 Å². The lowest BCUT2D eigenvalue weighted by Crippen LogP contribution is -2.38. The van der Waals surface area contributed by atoms with Crippen molar-refractivity contribution in [2.24, 2.45) is 4.99 Å². The van der Waals surface area contributed by atoms with Crippen molar-refractivity contribution in [3.63, 3.8) is 0 Å². The van der Waals surface area contributed by atoms with E-state index < -0.39 is 12.0 Å². The van der Waals surface area contributed by atoms with E-state index in [1.165, 1.54) is 18.9 Å². The SMILES string of the molecule is CCC1=C(C(=O)OC)[C@H](c2ccccc2)N2C(CC(=O)NCc3ccccc3)=CSC2=N1. The summed E-state index contributed by atoms with van der Waals surface area (Å²) in [4.78, 5) is 32.3. The lowest BCUT2D eigenvalue weighted by atomic mass is 9.93. The third kappa shape index (κ3) is 4.48. The smallest absolute Gasteiger partial charge is 0.338 e. The molecular formula is C25H25N3O3S. The summed E-state index contributed by atoms with van der Waals surface area (Å²) in [6, 6.07) is 19.2. The van der Waals surface area contributed by atoms with Gasteiger partial charge in [-0.3, -0.25) is 4.79 Å². The van der Waals surface area contributed by atoms with Crippen LogP contribution in [0.2, 0.25) is 0 Å². The van der Waals surface area contributed by atoms with Crippen molar-refractivity contribution in [1.82, 2.24) is 10.2 Å². The van der Waals surface area contributed by atoms with Crippen LogP contribution in [0.3, 0.4) is 0 Å². The first-order valence-corrected chi connectivity index (χ1v) is 11.4. The average Bonchev–Trinajstić information content (AvgIpc) is 3.24. The van der Waals surface area contributed by atoms with E-state index in [1.807, 2.05) is 77.9 Å². The Morgan fingerprint density at radius 3 is 2.44 bits per heavy atom. The maximum Gasteiger partial charge on any atom is 0.338 e. The van der Waals surface area contributed by atoms with Gasteiger partial charge in [0, 0.05) is 12.2 Å². The minimum atomic E-state index is -0.400. The molecule has 6 nitrogen and oxygen atoms in total. The maximum absolute atomic E-state index is 12.8. The van der Waals surface area contributed by atoms with Gasteiger partial charge >= 0.3 is 5.97 Å². The predicted octanol–water partition coefficient (Wildman–Crippen LogP) is 4.53. The molecule has 1 amide bonds. The number of esters is 1. The number of nitrogens with one attached hydrogen (secondary N) is 1. The topological polar surface area (TPSA) is 71.0 Å². The molecule has 7 heteroatoms. The van der Waals surface area contributed by atoms with Gasteiger partial charge in [0.1, 0.15) is 0 Å². The summed E-state index contributed by atoms with van der Waals surface area (Å²) in [6.07, 6.45) is 0.802. The molecule has 0 spiro atoms. The van der Waals surface area contributed by atoms with Gasteiger partial charge in [0.05, 0.1) is 30.8 Å². The van der Waals surface area contributed by atoms with E-state index in [4.69, 9.17) is 9.73 Å². The molecule has 0 radical (unpaired) electrons. The molecule has 32 heavy (non-hydrogen) atoms. The number of methoxy groups -OCH3 is 1. The molecule has 4 rings (SSSR count). The van der Waals surface area contributed by atoms with Crippen molar-refractivity contribution in [2.75, 3.05) is 7.11 Å². The van der Waals surface area contributed by atoms with Gasteiger partial charge in [-0.1, -0.05) is 79.3 Å². The van der Waals surface area contributed by atoms with Crippen LogP contribution in [0.15, 0.2) is 88.0 Å². The largest absolute Gasteiger partial charge is 0.466 e. The number of thioether (sulfide) groups is 1. The standard InChI is InChI=1S/C25H25N3O3S/c1-3-20-22(24(30)31-2)23(18-12-8-5-9-13-18)28-19(16-32-25(28)27-20)14-21(29)26-15-17-10-6-4-7-11-17/h4-13,16,23H,3,14-15H2,1-2H3,(H,26,29)/t23-/m0/s1. The fraction of sp³-hybridized carbons (Fsp3) is 0.240. The van der Waals surface area contributed by atoms with Crippen LogP contribution < -0.4 is 5.32 Å². The van der Waals surface area contributed by atoms with Gasteiger partial charge in [-0.2, -0.15) is 0 Å². The normalized spacial score (nSPS) is 17.4. The third-order valence-corrected chi connectivity index (χ3v) is 6.31. The monoisotopic (exact) mass is 447 g/mol. The lowest BCUT2D eigenvalue weighted by molar-refractivity contribution is -0.136. The molecule has 0 saturated heterocycles. The van der Waals surface area contributed by atoms with Gasteiger partial charge < -0.3 is 15.0 Å². The second-order valence-corrected chi connectivity index (χ2v) is 8.29. The molecule has 1 N–H and O–H groups in total. The van der Waals surface area contributed by atoms with Crippen LogP contribution in [0, 0.1) is 0 Å². The summed E-state index contributed by atoms with van der Waals surface area (Å²) in [6.45, 7) is 2.45. The first-order chi connectivity index (χ1) is 15.6. The third-order valence-electron chi connectivity index (χ3n) is 5.42. The predicted molar refractivity (Wildman–Crippen MR) is 126 cm³/mol. The molecule has 0 unspecified atom stereocenters. The van der Waals surface area contributed by atoms with Crippen LogP contribution in [0.4, 0.5) is 0 Å². The summed E-state index contributed by atoms with van der Waals surface area (Å²) in [5, 5.41) is 5.70. The van der Waals surface area contributed by atoms with Crippen molar-refractivity contribution in [2.45, 2.75) is 32.4 Å². The fourth-order valence-electron chi connectivity index (χ4n) is 3.89. The number of amides is 1. The highest BCUT2D eigenvalue weighted by molar-refractivity contribution is 8.16. The minimum absolute atomic E-state index is 0.0846. The zero-order chi connectivity index (χ0) is 22.5. The van der Waals surface area contributed by atoms with E-state index >= 15 is 0 Å². The Morgan fingerprint density at radius 2 is 1.78 bits per heavy atom. The Labute approximate surface area is 192 Å². The Kier molecular flexibility index (Phi) is 6.75. The number of benzene rings is 2. The number of aliphatic imine (C=N–C) groups is 1. The van der Waals surface area contributed by atoms with Crippen molar-refractivity contribution in [1.29, 1.82) is 0 Å². The number of rotatable bonds is 7. The van der Waals surface area contributed by atoms with Crippen LogP contribution in [-0.4, -0.2) is 29.1 Å². The number of carbonyl (C=O) groups excluding carboxylic acids is 2. The van der Waals surface area contributed by atoms with Crippen molar-refractivity contribution >= 4 is 28.8 Å². The van der Waals surface area contributed by atoms with Gasteiger partial charge in [0.25, 0.3) is 0 Å². The molecule has 2 aliphatic heterocycles. The molecule has 164 valence electrons. The quantitative estimate of drug-likeness (QED) is 0.632. The lowest BCUT2D eigenvalue weighted by Gasteiger charge is -2.36. The molecule has 0 fully saturated rings. The Bertz CT molecular complexity index is 1090. The first-order valence-electron chi connectivity index (χ1n) is 10.5. The van der Waals surface area contributed by atoms with Crippen molar-refractivity contribution in [3.8, 4) is 0 Å². The number of hydrogen-bond acceptors (Lipinski definition) is 6. The molecule has 0 saturated carbocycles. The Morgan fingerprint density at radius 1 is 1.09 bits per heavy atom. The summed E-state index contributed by atoms with van der Waals surface area (Å²) in [7, 11) is 1.39. The highest BCUT2D eigenvalue weighted by Crippen LogP contribution is 2.45. The summed E-state index contributed by atoms with van der Waals surface area (Å²) < 4.78 is 5.13. The highest BCUT2D eigenvalue weighted by atomic mass is 32.2. The number of fused-ring (bicyclic) bond motifs is 1. The zero-order valence-electron chi connectivity index (χ0n) is 18.1. The highest BCUT2D eigenvalue weighted by Gasteiger charge is 2.41. The molecule has 2 aromatic carbocycles. The zero-order valence-corrected chi connectivity index (χ0v) is 18.9. The summed E-state index contributed by atoms with van der Waals surface area (Å²) in [5.41, 5.74) is 4.03. The van der Waals surface area contributed by atoms with Crippen LogP contribution in [0.25, 0.3) is 0 Å². The van der Waals surface area contributed by atoms with Gasteiger partial charge in [0.2, 0.25) is 5.91 Å². The van der Waals surface area contributed by atoms with Gasteiger partial charge in [-0.15, -0.1) is 0 Å².